The van der Waals surface area contributed by atoms with Crippen molar-refractivity contribution in [1.82, 2.24) is 0 Å². The zero-order chi connectivity index (χ0) is 27.2. The molecule has 7 nitrogen and oxygen atoms in total. The molecular formula is C31H29N3O4. The fourth-order valence-electron chi connectivity index (χ4n) is 5.76. The van der Waals surface area contributed by atoms with Gasteiger partial charge >= 0.3 is 5.63 Å². The molecule has 2 aliphatic heterocycles. The largest absolute Gasteiger partial charge is 0.508 e. The van der Waals surface area contributed by atoms with Gasteiger partial charge in [0, 0.05) is 24.9 Å². The number of phenols is 1. The summed E-state index contributed by atoms with van der Waals surface area (Å²) in [4.78, 5) is 17.3. The van der Waals surface area contributed by atoms with Gasteiger partial charge in [-0.15, -0.1) is 0 Å². The third-order valence-corrected chi connectivity index (χ3v) is 7.99. The number of benzene rings is 3. The van der Waals surface area contributed by atoms with E-state index in [1.165, 1.54) is 0 Å². The molecule has 6 rings (SSSR count). The van der Waals surface area contributed by atoms with E-state index < -0.39 is 22.5 Å². The normalized spacial score (nSPS) is 19.6. The van der Waals surface area contributed by atoms with Gasteiger partial charge in [0.05, 0.1) is 28.5 Å². The fraction of sp³-hybridized carbons (Fsp3) is 0.290. The number of phenolic OH excluding ortho intramolecular Hbond substituents is 1. The zero-order valence-electron chi connectivity index (χ0n) is 22.3. The summed E-state index contributed by atoms with van der Waals surface area (Å²) in [6.45, 7) is 9.78. The zero-order valence-corrected chi connectivity index (χ0v) is 22.3. The van der Waals surface area contributed by atoms with Crippen LogP contribution in [0.5, 0.6) is 5.75 Å². The Bertz CT molecular complexity index is 1730. The molecule has 0 aliphatic carbocycles. The standard InChI is InChI=1S/C31H29N3O4/c1-29(2,17-32)20-10-13-24-23(16-20)30(3,4)38-31(5)33(6)27-26(34(24)31)22-15-19(9-14-25(22)37-28(27)36)18-7-11-21(35)12-8-18/h7-16,35H,1-6H3. The van der Waals surface area contributed by atoms with Crippen LogP contribution in [0.2, 0.25) is 0 Å². The average molecular weight is 508 g/mol. The van der Waals surface area contributed by atoms with Gasteiger partial charge in [-0.3, -0.25) is 4.90 Å². The molecule has 3 aromatic carbocycles. The number of aromatic hydroxyl groups is 1. The summed E-state index contributed by atoms with van der Waals surface area (Å²) >= 11 is 0. The molecule has 38 heavy (non-hydrogen) atoms. The summed E-state index contributed by atoms with van der Waals surface area (Å²) in [5.74, 6) is -0.801. The monoisotopic (exact) mass is 507 g/mol. The molecule has 2 aliphatic rings. The second-order valence-electron chi connectivity index (χ2n) is 11.3. The lowest BCUT2D eigenvalue weighted by atomic mass is 9.82. The topological polar surface area (TPSA) is 89.9 Å². The lowest BCUT2D eigenvalue weighted by Crippen LogP contribution is -2.60. The van der Waals surface area contributed by atoms with Gasteiger partial charge in [-0.1, -0.05) is 24.3 Å². The van der Waals surface area contributed by atoms with Crippen LogP contribution in [0.3, 0.4) is 0 Å². The summed E-state index contributed by atoms with van der Waals surface area (Å²) in [6.07, 6.45) is 0. The summed E-state index contributed by atoms with van der Waals surface area (Å²) in [5.41, 5.74) is 4.41. The van der Waals surface area contributed by atoms with Crippen molar-refractivity contribution in [3.05, 3.63) is 82.2 Å². The molecule has 192 valence electrons. The van der Waals surface area contributed by atoms with Crippen LogP contribution in [-0.2, 0) is 15.8 Å². The number of fused-ring (bicyclic) bond motifs is 7. The first-order chi connectivity index (χ1) is 17.9. The maximum absolute atomic E-state index is 13.4. The van der Waals surface area contributed by atoms with Gasteiger partial charge in [-0.2, -0.15) is 5.26 Å². The predicted octanol–water partition coefficient (Wildman–Crippen LogP) is 6.49. The van der Waals surface area contributed by atoms with Crippen LogP contribution in [0.25, 0.3) is 22.1 Å². The van der Waals surface area contributed by atoms with Crippen molar-refractivity contribution >= 4 is 28.0 Å². The Hall–Kier alpha value is -4.28. The van der Waals surface area contributed by atoms with Gasteiger partial charge in [0.1, 0.15) is 11.3 Å². The first-order valence-electron chi connectivity index (χ1n) is 12.6. The van der Waals surface area contributed by atoms with Crippen LogP contribution in [-0.4, -0.2) is 18.0 Å². The molecule has 3 heterocycles. The van der Waals surface area contributed by atoms with Crippen molar-refractivity contribution in [2.45, 2.75) is 51.5 Å². The quantitative estimate of drug-likeness (QED) is 0.310. The van der Waals surface area contributed by atoms with Crippen LogP contribution in [0.1, 0.15) is 45.7 Å². The molecular weight excluding hydrogens is 478 g/mol. The predicted molar refractivity (Wildman–Crippen MR) is 148 cm³/mol. The summed E-state index contributed by atoms with van der Waals surface area (Å²) in [6, 6.07) is 21.2. The summed E-state index contributed by atoms with van der Waals surface area (Å²) in [7, 11) is 1.85. The Balaban J connectivity index is 1.65. The van der Waals surface area contributed by atoms with E-state index in [4.69, 9.17) is 9.15 Å². The minimum atomic E-state index is -0.997. The Kier molecular flexibility index (Phi) is 4.83. The molecule has 0 amide bonds. The number of rotatable bonds is 2. The second kappa shape index (κ2) is 7.62. The molecule has 1 atom stereocenters. The van der Waals surface area contributed by atoms with E-state index in [1.807, 2.05) is 95.1 Å². The highest BCUT2D eigenvalue weighted by molar-refractivity contribution is 6.04. The Labute approximate surface area is 221 Å². The van der Waals surface area contributed by atoms with Crippen LogP contribution < -0.4 is 15.4 Å². The number of anilines is 3. The molecule has 1 N–H and O–H groups in total. The second-order valence-corrected chi connectivity index (χ2v) is 11.3. The average Bonchev–Trinajstić information content (AvgIpc) is 3.11. The smallest absolute Gasteiger partial charge is 0.362 e. The molecule has 0 saturated carbocycles. The van der Waals surface area contributed by atoms with E-state index in [1.54, 1.807) is 12.1 Å². The SMILES string of the molecule is CN1c2c(c3cc(-c4ccc(O)cc4)ccc3oc2=O)N2c3ccc(C(C)(C)C#N)cc3C(C)(C)OC12C. The summed E-state index contributed by atoms with van der Waals surface area (Å²) in [5, 5.41) is 20.3. The molecule has 1 aromatic heterocycles. The maximum Gasteiger partial charge on any atom is 0.362 e. The number of ether oxygens (including phenoxy) is 1. The van der Waals surface area contributed by atoms with E-state index in [-0.39, 0.29) is 5.75 Å². The highest BCUT2D eigenvalue weighted by Crippen LogP contribution is 2.57. The molecule has 0 bridgehead atoms. The van der Waals surface area contributed by atoms with Crippen molar-refractivity contribution in [1.29, 1.82) is 5.26 Å². The number of nitrogens with zero attached hydrogens (tertiary/aromatic N) is 3. The van der Waals surface area contributed by atoms with Gasteiger partial charge in [0.25, 0.3) is 0 Å². The van der Waals surface area contributed by atoms with Crippen LogP contribution in [0.15, 0.2) is 69.9 Å². The minimum Gasteiger partial charge on any atom is -0.508 e. The third-order valence-electron chi connectivity index (χ3n) is 7.99. The molecule has 7 heteroatoms. The molecule has 1 unspecified atom stereocenters. The van der Waals surface area contributed by atoms with Crippen LogP contribution in [0, 0.1) is 11.3 Å². The molecule has 0 spiro atoms. The van der Waals surface area contributed by atoms with Gasteiger partial charge in [-0.05, 0) is 80.8 Å². The lowest BCUT2D eigenvalue weighted by molar-refractivity contribution is -0.136. The van der Waals surface area contributed by atoms with Gasteiger partial charge in [0.15, 0.2) is 5.69 Å². The van der Waals surface area contributed by atoms with Crippen molar-refractivity contribution in [2.24, 2.45) is 0 Å². The Morgan fingerprint density at radius 3 is 2.32 bits per heavy atom. The fourth-order valence-corrected chi connectivity index (χ4v) is 5.76. The molecule has 0 radical (unpaired) electrons. The number of nitriles is 1. The molecule has 0 fully saturated rings. The van der Waals surface area contributed by atoms with E-state index in [2.05, 4.69) is 11.0 Å². The van der Waals surface area contributed by atoms with E-state index in [0.717, 1.165) is 33.3 Å². The van der Waals surface area contributed by atoms with Gasteiger partial charge < -0.3 is 19.2 Å². The van der Waals surface area contributed by atoms with Crippen molar-refractivity contribution < 1.29 is 14.3 Å². The highest BCUT2D eigenvalue weighted by Gasteiger charge is 2.56. The van der Waals surface area contributed by atoms with E-state index in [9.17, 15) is 15.2 Å². The van der Waals surface area contributed by atoms with E-state index >= 15 is 0 Å². The first-order valence-corrected chi connectivity index (χ1v) is 12.6. The van der Waals surface area contributed by atoms with Gasteiger partial charge in [-0.25, -0.2) is 4.79 Å². The van der Waals surface area contributed by atoms with Crippen molar-refractivity contribution in [3.63, 3.8) is 0 Å². The molecule has 0 saturated heterocycles. The molecule has 4 aromatic rings. The Morgan fingerprint density at radius 2 is 1.63 bits per heavy atom. The van der Waals surface area contributed by atoms with Crippen molar-refractivity contribution in [3.8, 4) is 22.9 Å². The highest BCUT2D eigenvalue weighted by atomic mass is 16.6. The summed E-state index contributed by atoms with van der Waals surface area (Å²) < 4.78 is 12.6. The van der Waals surface area contributed by atoms with Gasteiger partial charge in [0.2, 0.25) is 5.85 Å². The maximum atomic E-state index is 13.4. The van der Waals surface area contributed by atoms with Crippen LogP contribution >= 0.6 is 0 Å². The number of hydrogen-bond donors (Lipinski definition) is 1. The minimum absolute atomic E-state index is 0.197. The van der Waals surface area contributed by atoms with Crippen molar-refractivity contribution in [2.75, 3.05) is 16.8 Å². The third kappa shape index (κ3) is 3.20. The number of hydrogen-bond acceptors (Lipinski definition) is 7. The lowest BCUT2D eigenvalue weighted by Gasteiger charge is -2.51. The first kappa shape index (κ1) is 24.1. The Morgan fingerprint density at radius 1 is 0.947 bits per heavy atom. The van der Waals surface area contributed by atoms with Crippen LogP contribution in [0.4, 0.5) is 17.1 Å². The van der Waals surface area contributed by atoms with E-state index in [0.29, 0.717) is 17.0 Å².